The quantitative estimate of drug-likeness (QED) is 0.830. The van der Waals surface area contributed by atoms with E-state index in [1.54, 1.807) is 22.5 Å². The second-order valence-corrected chi connectivity index (χ2v) is 8.71. The molecule has 2 aromatic carbocycles. The van der Waals surface area contributed by atoms with Crippen molar-refractivity contribution in [1.29, 1.82) is 5.26 Å². The summed E-state index contributed by atoms with van der Waals surface area (Å²) in [5.74, 6) is 0.375. The number of sulfonamides is 1. The first kappa shape index (κ1) is 18.4. The maximum atomic E-state index is 12.9. The predicted molar refractivity (Wildman–Crippen MR) is 103 cm³/mol. The second kappa shape index (κ2) is 7.48. The van der Waals surface area contributed by atoms with Crippen molar-refractivity contribution in [3.63, 3.8) is 0 Å². The zero-order valence-corrected chi connectivity index (χ0v) is 15.9. The molecule has 3 rings (SSSR count). The molecule has 0 unspecified atom stereocenters. The average molecular weight is 369 g/mol. The fraction of sp³-hybridized carbons (Fsp3) is 0.350. The Morgan fingerprint density at radius 2 is 1.65 bits per heavy atom. The Morgan fingerprint density at radius 3 is 2.23 bits per heavy atom. The van der Waals surface area contributed by atoms with E-state index in [0.717, 1.165) is 11.3 Å². The highest BCUT2D eigenvalue weighted by molar-refractivity contribution is 7.89. The summed E-state index contributed by atoms with van der Waals surface area (Å²) in [4.78, 5) is 2.47. The molecule has 0 aromatic heterocycles. The van der Waals surface area contributed by atoms with Crippen molar-refractivity contribution in [3.8, 4) is 6.07 Å². The van der Waals surface area contributed by atoms with E-state index in [4.69, 9.17) is 5.26 Å². The largest absolute Gasteiger partial charge is 0.369 e. The molecule has 1 aliphatic heterocycles. The van der Waals surface area contributed by atoms with Crippen molar-refractivity contribution in [2.45, 2.75) is 24.7 Å². The Hall–Kier alpha value is -2.36. The van der Waals surface area contributed by atoms with E-state index in [0.29, 0.717) is 42.6 Å². The molecule has 0 bridgehead atoms. The predicted octanol–water partition coefficient (Wildman–Crippen LogP) is 3.19. The van der Waals surface area contributed by atoms with Crippen LogP contribution >= 0.6 is 0 Å². The molecular formula is C20H23N3O2S. The van der Waals surface area contributed by atoms with Crippen LogP contribution < -0.4 is 4.90 Å². The highest BCUT2D eigenvalue weighted by atomic mass is 32.2. The fourth-order valence-electron chi connectivity index (χ4n) is 3.13. The van der Waals surface area contributed by atoms with Gasteiger partial charge >= 0.3 is 0 Å². The van der Waals surface area contributed by atoms with Gasteiger partial charge in [-0.2, -0.15) is 9.57 Å². The summed E-state index contributed by atoms with van der Waals surface area (Å²) in [6.07, 6.45) is 0. The number of hydrogen-bond acceptors (Lipinski definition) is 4. The van der Waals surface area contributed by atoms with Gasteiger partial charge in [0, 0.05) is 31.9 Å². The van der Waals surface area contributed by atoms with Crippen LogP contribution in [0.25, 0.3) is 0 Å². The van der Waals surface area contributed by atoms with Gasteiger partial charge in [0.25, 0.3) is 0 Å². The van der Waals surface area contributed by atoms with Gasteiger partial charge in [0.15, 0.2) is 0 Å². The zero-order chi connectivity index (χ0) is 18.7. The molecule has 1 saturated heterocycles. The summed E-state index contributed by atoms with van der Waals surface area (Å²) in [6, 6.07) is 16.7. The Labute approximate surface area is 155 Å². The van der Waals surface area contributed by atoms with Crippen molar-refractivity contribution in [2.24, 2.45) is 0 Å². The van der Waals surface area contributed by atoms with E-state index in [1.807, 2.05) is 30.3 Å². The van der Waals surface area contributed by atoms with Crippen molar-refractivity contribution >= 4 is 15.7 Å². The molecule has 5 nitrogen and oxygen atoms in total. The van der Waals surface area contributed by atoms with Crippen LogP contribution in [-0.4, -0.2) is 38.9 Å². The molecule has 26 heavy (non-hydrogen) atoms. The van der Waals surface area contributed by atoms with Crippen LogP contribution in [0.3, 0.4) is 0 Å². The van der Waals surface area contributed by atoms with Crippen LogP contribution in [0, 0.1) is 11.3 Å². The minimum Gasteiger partial charge on any atom is -0.369 e. The van der Waals surface area contributed by atoms with Gasteiger partial charge in [-0.25, -0.2) is 8.42 Å². The fourth-order valence-corrected chi connectivity index (χ4v) is 4.55. The van der Waals surface area contributed by atoms with E-state index in [2.05, 4.69) is 24.8 Å². The summed E-state index contributed by atoms with van der Waals surface area (Å²) >= 11 is 0. The molecule has 0 radical (unpaired) electrons. The smallest absolute Gasteiger partial charge is 0.243 e. The lowest BCUT2D eigenvalue weighted by Crippen LogP contribution is -2.48. The molecule has 1 aliphatic rings. The molecule has 6 heteroatoms. The average Bonchev–Trinajstić information content (AvgIpc) is 2.68. The molecule has 2 aromatic rings. The molecular weight excluding hydrogens is 346 g/mol. The van der Waals surface area contributed by atoms with Gasteiger partial charge in [0.1, 0.15) is 0 Å². The summed E-state index contributed by atoms with van der Waals surface area (Å²) in [5.41, 5.74) is 2.70. The molecule has 0 amide bonds. The highest BCUT2D eigenvalue weighted by Crippen LogP contribution is 2.23. The maximum Gasteiger partial charge on any atom is 0.243 e. The van der Waals surface area contributed by atoms with Crippen LogP contribution in [0.2, 0.25) is 0 Å². The van der Waals surface area contributed by atoms with Crippen LogP contribution in [0.15, 0.2) is 53.4 Å². The minimum absolute atomic E-state index is 0.349. The zero-order valence-electron chi connectivity index (χ0n) is 15.1. The Morgan fingerprint density at radius 1 is 1.00 bits per heavy atom. The highest BCUT2D eigenvalue weighted by Gasteiger charge is 2.28. The number of piperazine rings is 1. The summed E-state index contributed by atoms with van der Waals surface area (Å²) in [7, 11) is -3.47. The summed E-state index contributed by atoms with van der Waals surface area (Å²) in [6.45, 7) is 6.26. The lowest BCUT2D eigenvalue weighted by Gasteiger charge is -2.35. The van der Waals surface area contributed by atoms with Crippen LogP contribution in [-0.2, 0) is 10.0 Å². The maximum absolute atomic E-state index is 12.9. The van der Waals surface area contributed by atoms with Crippen molar-refractivity contribution in [1.82, 2.24) is 4.31 Å². The third-order valence-electron chi connectivity index (χ3n) is 4.76. The molecule has 0 saturated carbocycles. The van der Waals surface area contributed by atoms with Gasteiger partial charge in [-0.1, -0.05) is 32.0 Å². The lowest BCUT2D eigenvalue weighted by molar-refractivity contribution is 0.385. The lowest BCUT2D eigenvalue weighted by atomic mass is 10.0. The van der Waals surface area contributed by atoms with Gasteiger partial charge in [0.2, 0.25) is 10.0 Å². The molecule has 0 atom stereocenters. The van der Waals surface area contributed by atoms with E-state index >= 15 is 0 Å². The van der Waals surface area contributed by atoms with Crippen molar-refractivity contribution < 1.29 is 8.42 Å². The third kappa shape index (κ3) is 3.74. The summed E-state index contributed by atoms with van der Waals surface area (Å²) < 4.78 is 27.3. The SMILES string of the molecule is CC(C)c1ccc(S(=O)(=O)N2CCN(c3cccc(C#N)c3)CC2)cc1. The number of rotatable bonds is 4. The molecule has 1 heterocycles. The number of anilines is 1. The first-order chi connectivity index (χ1) is 12.4. The number of hydrogen-bond donors (Lipinski definition) is 0. The minimum atomic E-state index is -3.47. The van der Waals surface area contributed by atoms with Crippen molar-refractivity contribution in [2.75, 3.05) is 31.1 Å². The first-order valence-electron chi connectivity index (χ1n) is 8.77. The number of benzene rings is 2. The third-order valence-corrected chi connectivity index (χ3v) is 6.68. The molecule has 0 N–H and O–H groups in total. The molecule has 136 valence electrons. The number of nitriles is 1. The van der Waals surface area contributed by atoms with Crippen molar-refractivity contribution in [3.05, 3.63) is 59.7 Å². The van der Waals surface area contributed by atoms with Gasteiger partial charge in [-0.05, 0) is 41.8 Å². The normalized spacial score (nSPS) is 15.8. The number of nitrogens with zero attached hydrogens (tertiary/aromatic N) is 3. The molecule has 0 spiro atoms. The van der Waals surface area contributed by atoms with E-state index in [9.17, 15) is 8.42 Å². The Balaban J connectivity index is 1.71. The van der Waals surface area contributed by atoms with Gasteiger partial charge in [0.05, 0.1) is 16.5 Å². The first-order valence-corrected chi connectivity index (χ1v) is 10.2. The Kier molecular flexibility index (Phi) is 5.30. The summed E-state index contributed by atoms with van der Waals surface area (Å²) in [5, 5.41) is 9.03. The second-order valence-electron chi connectivity index (χ2n) is 6.78. The monoisotopic (exact) mass is 369 g/mol. The van der Waals surface area contributed by atoms with E-state index < -0.39 is 10.0 Å². The van der Waals surface area contributed by atoms with E-state index in [-0.39, 0.29) is 0 Å². The molecule has 1 fully saturated rings. The van der Waals surface area contributed by atoms with Gasteiger partial charge in [-0.3, -0.25) is 0 Å². The van der Waals surface area contributed by atoms with Crippen LogP contribution in [0.5, 0.6) is 0 Å². The van der Waals surface area contributed by atoms with Gasteiger partial charge in [-0.15, -0.1) is 0 Å². The van der Waals surface area contributed by atoms with E-state index in [1.165, 1.54) is 0 Å². The Bertz CT molecular complexity index is 907. The van der Waals surface area contributed by atoms with Crippen LogP contribution in [0.4, 0.5) is 5.69 Å². The van der Waals surface area contributed by atoms with Gasteiger partial charge < -0.3 is 4.90 Å². The topological polar surface area (TPSA) is 64.4 Å². The van der Waals surface area contributed by atoms with Crippen LogP contribution in [0.1, 0.15) is 30.9 Å². The standard InChI is InChI=1S/C20H23N3O2S/c1-16(2)18-6-8-20(9-7-18)26(24,25)23-12-10-22(11-13-23)19-5-3-4-17(14-19)15-21/h3-9,14,16H,10-13H2,1-2H3. The molecule has 0 aliphatic carbocycles.